The fourth-order valence-electron chi connectivity index (χ4n) is 2.07. The number of ether oxygens (including phenoxy) is 1. The van der Waals surface area contributed by atoms with E-state index in [1.807, 2.05) is 20.8 Å². The van der Waals surface area contributed by atoms with E-state index in [0.717, 1.165) is 5.56 Å². The number of aliphatic imine (C=N–C) groups is 1. The zero-order chi connectivity index (χ0) is 15.8. The Morgan fingerprint density at radius 2 is 2.10 bits per heavy atom. The van der Waals surface area contributed by atoms with Crippen LogP contribution in [0.25, 0.3) is 0 Å². The molecule has 6 nitrogen and oxygen atoms in total. The van der Waals surface area contributed by atoms with Crippen LogP contribution in [-0.2, 0) is 9.53 Å². The van der Waals surface area contributed by atoms with Crippen LogP contribution in [-0.4, -0.2) is 35.3 Å². The van der Waals surface area contributed by atoms with Gasteiger partial charge >= 0.3 is 5.97 Å². The molecule has 21 heavy (non-hydrogen) atoms. The molecule has 0 aromatic carbocycles. The zero-order valence-corrected chi connectivity index (χ0v) is 12.9. The Labute approximate surface area is 123 Å². The molecule has 0 aliphatic carbocycles. The molecule has 0 unspecified atom stereocenters. The molecule has 0 spiro atoms. The van der Waals surface area contributed by atoms with Gasteiger partial charge in [-0.15, -0.1) is 0 Å². The van der Waals surface area contributed by atoms with Crippen molar-refractivity contribution >= 4 is 17.7 Å². The Kier molecular flexibility index (Phi) is 3.80. The van der Waals surface area contributed by atoms with E-state index in [-0.39, 0.29) is 11.8 Å². The van der Waals surface area contributed by atoms with E-state index in [0.29, 0.717) is 17.1 Å². The lowest BCUT2D eigenvalue weighted by Gasteiger charge is -2.21. The van der Waals surface area contributed by atoms with Crippen molar-refractivity contribution in [3.05, 3.63) is 29.1 Å². The fourth-order valence-corrected chi connectivity index (χ4v) is 2.07. The minimum atomic E-state index is -0.852. The summed E-state index contributed by atoms with van der Waals surface area (Å²) < 4.78 is 4.77. The van der Waals surface area contributed by atoms with Gasteiger partial charge in [-0.2, -0.15) is 0 Å². The Bertz CT molecular complexity index is 637. The van der Waals surface area contributed by atoms with Crippen molar-refractivity contribution < 1.29 is 14.3 Å². The Morgan fingerprint density at radius 3 is 2.62 bits per heavy atom. The second-order valence-electron chi connectivity index (χ2n) is 5.62. The molecule has 0 radical (unpaired) electrons. The molecule has 1 atom stereocenters. The van der Waals surface area contributed by atoms with E-state index in [9.17, 15) is 9.59 Å². The van der Waals surface area contributed by atoms with Gasteiger partial charge in [0.25, 0.3) is 5.91 Å². The highest BCUT2D eigenvalue weighted by Gasteiger charge is 2.43. The number of amidine groups is 1. The molecule has 0 saturated carbocycles. The van der Waals surface area contributed by atoms with Crippen molar-refractivity contribution in [2.75, 3.05) is 7.11 Å². The van der Waals surface area contributed by atoms with Gasteiger partial charge in [0.1, 0.15) is 11.2 Å². The van der Waals surface area contributed by atoms with E-state index >= 15 is 0 Å². The van der Waals surface area contributed by atoms with Crippen molar-refractivity contribution in [2.45, 2.75) is 33.2 Å². The van der Waals surface area contributed by atoms with E-state index < -0.39 is 11.5 Å². The van der Waals surface area contributed by atoms with Gasteiger partial charge in [0.05, 0.1) is 12.7 Å². The lowest BCUT2D eigenvalue weighted by atomic mass is 9.89. The van der Waals surface area contributed by atoms with Gasteiger partial charge in [-0.1, -0.05) is 13.8 Å². The van der Waals surface area contributed by atoms with Crippen LogP contribution in [0.5, 0.6) is 0 Å². The summed E-state index contributed by atoms with van der Waals surface area (Å²) in [4.78, 5) is 32.8. The third-order valence-electron chi connectivity index (χ3n) is 3.81. The summed E-state index contributed by atoms with van der Waals surface area (Å²) in [5.74, 6) is -0.347. The summed E-state index contributed by atoms with van der Waals surface area (Å²) in [6.45, 7) is 7.45. The molecular weight excluding hydrogens is 270 g/mol. The highest BCUT2D eigenvalue weighted by atomic mass is 16.5. The molecule has 1 aromatic heterocycles. The topological polar surface area (TPSA) is 80.7 Å². The van der Waals surface area contributed by atoms with Crippen molar-refractivity contribution in [1.29, 1.82) is 0 Å². The number of aryl methyl sites for hydroxylation is 1. The van der Waals surface area contributed by atoms with Gasteiger partial charge < -0.3 is 10.1 Å². The molecule has 1 amide bonds. The van der Waals surface area contributed by atoms with Crippen molar-refractivity contribution in [1.82, 2.24) is 10.3 Å². The summed E-state index contributed by atoms with van der Waals surface area (Å²) in [6, 6.07) is 1.67. The Hall–Kier alpha value is -2.24. The number of nitrogens with zero attached hydrogens (tertiary/aromatic N) is 2. The second-order valence-corrected chi connectivity index (χ2v) is 5.62. The molecule has 0 fully saturated rings. The number of rotatable bonds is 3. The van der Waals surface area contributed by atoms with Crippen LogP contribution in [0.2, 0.25) is 0 Å². The van der Waals surface area contributed by atoms with Crippen molar-refractivity contribution in [2.24, 2.45) is 10.9 Å². The molecule has 2 rings (SSSR count). The standard InChI is InChI=1S/C15H19N3O3/c1-8(2)15(4)14(20)17-12(18-15)11-10(13(19)21-5)6-9(3)7-16-11/h6-8H,1-5H3,(H,17,18,20)/t15-/m1/s1. The third kappa shape index (κ3) is 2.53. The number of esters is 1. The van der Waals surface area contributed by atoms with Crippen LogP contribution in [0.3, 0.4) is 0 Å². The number of methoxy groups -OCH3 is 1. The first kappa shape index (κ1) is 15.2. The van der Waals surface area contributed by atoms with Crippen LogP contribution >= 0.6 is 0 Å². The molecule has 1 aliphatic heterocycles. The van der Waals surface area contributed by atoms with Crippen LogP contribution in [0.15, 0.2) is 17.3 Å². The van der Waals surface area contributed by atoms with Crippen LogP contribution in [0, 0.1) is 12.8 Å². The normalized spacial score (nSPS) is 21.2. The van der Waals surface area contributed by atoms with E-state index in [1.54, 1.807) is 19.2 Å². The molecular formula is C15H19N3O3. The number of carbonyl (C=O) groups is 2. The fraction of sp³-hybridized carbons (Fsp3) is 0.467. The summed E-state index contributed by atoms with van der Waals surface area (Å²) in [5, 5.41) is 2.72. The minimum absolute atomic E-state index is 0.0297. The zero-order valence-electron chi connectivity index (χ0n) is 12.9. The number of carbonyl (C=O) groups excluding carboxylic acids is 2. The molecule has 1 aliphatic rings. The molecule has 1 aromatic rings. The van der Waals surface area contributed by atoms with Crippen molar-refractivity contribution in [3.8, 4) is 0 Å². The smallest absolute Gasteiger partial charge is 0.340 e. The van der Waals surface area contributed by atoms with E-state index in [2.05, 4.69) is 15.3 Å². The summed E-state index contributed by atoms with van der Waals surface area (Å²) in [6.07, 6.45) is 1.63. The Balaban J connectivity index is 2.54. The number of aromatic nitrogens is 1. The average molecular weight is 289 g/mol. The number of amides is 1. The Morgan fingerprint density at radius 1 is 1.43 bits per heavy atom. The van der Waals surface area contributed by atoms with Gasteiger partial charge in [-0.3, -0.25) is 9.78 Å². The van der Waals surface area contributed by atoms with Crippen LogP contribution in [0.1, 0.15) is 42.4 Å². The summed E-state index contributed by atoms with van der Waals surface area (Å²) in [7, 11) is 1.31. The average Bonchev–Trinajstić information content (AvgIpc) is 2.75. The van der Waals surface area contributed by atoms with Gasteiger partial charge in [-0.05, 0) is 31.4 Å². The van der Waals surface area contributed by atoms with Gasteiger partial charge in [0.15, 0.2) is 5.84 Å². The number of nitrogens with one attached hydrogen (secondary N) is 1. The summed E-state index contributed by atoms with van der Waals surface area (Å²) in [5.41, 5.74) is 0.611. The number of pyridine rings is 1. The third-order valence-corrected chi connectivity index (χ3v) is 3.81. The predicted octanol–water partition coefficient (Wildman–Crippen LogP) is 1.47. The quantitative estimate of drug-likeness (QED) is 0.854. The second kappa shape index (κ2) is 5.27. The van der Waals surface area contributed by atoms with Crippen molar-refractivity contribution in [3.63, 3.8) is 0 Å². The number of hydrogen-bond donors (Lipinski definition) is 1. The van der Waals surface area contributed by atoms with E-state index in [1.165, 1.54) is 7.11 Å². The molecule has 6 heteroatoms. The van der Waals surface area contributed by atoms with Gasteiger partial charge in [0, 0.05) is 6.20 Å². The summed E-state index contributed by atoms with van der Waals surface area (Å²) >= 11 is 0. The predicted molar refractivity (Wildman–Crippen MR) is 78.2 cm³/mol. The maximum absolute atomic E-state index is 12.2. The van der Waals surface area contributed by atoms with Gasteiger partial charge in [0.2, 0.25) is 0 Å². The maximum Gasteiger partial charge on any atom is 0.340 e. The first-order chi connectivity index (χ1) is 9.79. The van der Waals surface area contributed by atoms with Crippen LogP contribution < -0.4 is 5.32 Å². The van der Waals surface area contributed by atoms with Gasteiger partial charge in [-0.25, -0.2) is 9.79 Å². The monoisotopic (exact) mass is 289 g/mol. The highest BCUT2D eigenvalue weighted by molar-refractivity contribution is 6.17. The first-order valence-electron chi connectivity index (χ1n) is 6.76. The lowest BCUT2D eigenvalue weighted by Crippen LogP contribution is -2.41. The van der Waals surface area contributed by atoms with E-state index in [4.69, 9.17) is 4.74 Å². The molecule has 0 saturated heterocycles. The first-order valence-corrected chi connectivity index (χ1v) is 6.76. The number of hydrogen-bond acceptors (Lipinski definition) is 5. The highest BCUT2D eigenvalue weighted by Crippen LogP contribution is 2.27. The molecule has 2 heterocycles. The lowest BCUT2D eigenvalue weighted by molar-refractivity contribution is -0.124. The molecule has 112 valence electrons. The minimum Gasteiger partial charge on any atom is -0.465 e. The SMILES string of the molecule is COC(=O)c1cc(C)cnc1C1=N[C@](C)(C(C)C)C(=O)N1. The molecule has 1 N–H and O–H groups in total. The van der Waals surface area contributed by atoms with Crippen LogP contribution in [0.4, 0.5) is 0 Å². The largest absolute Gasteiger partial charge is 0.465 e. The molecule has 0 bridgehead atoms. The maximum atomic E-state index is 12.2.